The van der Waals surface area contributed by atoms with Crippen LogP contribution in [0.2, 0.25) is 0 Å². The van der Waals surface area contributed by atoms with Gasteiger partial charge in [0.25, 0.3) is 0 Å². The highest BCUT2D eigenvalue weighted by atomic mass is 79.9. The number of nitrogens with zero attached hydrogens (tertiary/aromatic N) is 1. The second-order valence-corrected chi connectivity index (χ2v) is 5.47. The molecular formula is C14H19BrN2O3. The van der Waals surface area contributed by atoms with Crippen LogP contribution in [0.3, 0.4) is 0 Å². The average Bonchev–Trinajstić information content (AvgIpc) is 2.46. The van der Waals surface area contributed by atoms with E-state index in [-0.39, 0.29) is 18.2 Å². The molecule has 0 aromatic heterocycles. The van der Waals surface area contributed by atoms with Crippen LogP contribution in [0.4, 0.5) is 0 Å². The highest BCUT2D eigenvalue weighted by Gasteiger charge is 2.33. The molecule has 0 radical (unpaired) electrons. The van der Waals surface area contributed by atoms with Crippen molar-refractivity contribution in [3.05, 3.63) is 34.3 Å². The number of amides is 1. The lowest BCUT2D eigenvalue weighted by Crippen LogP contribution is -2.52. The zero-order valence-corrected chi connectivity index (χ0v) is 13.2. The van der Waals surface area contributed by atoms with E-state index in [0.29, 0.717) is 13.1 Å². The molecule has 1 N–H and O–H groups in total. The van der Waals surface area contributed by atoms with E-state index in [1.807, 2.05) is 24.3 Å². The average molecular weight is 343 g/mol. The lowest BCUT2D eigenvalue weighted by atomic mass is 10.0. The monoisotopic (exact) mass is 342 g/mol. The Morgan fingerprint density at radius 2 is 2.10 bits per heavy atom. The van der Waals surface area contributed by atoms with Gasteiger partial charge in [-0.05, 0) is 11.6 Å². The first-order valence-corrected chi connectivity index (χ1v) is 7.28. The normalized spacial score (nSPS) is 20.2. The van der Waals surface area contributed by atoms with Crippen molar-refractivity contribution in [1.82, 2.24) is 10.2 Å². The van der Waals surface area contributed by atoms with E-state index < -0.39 is 0 Å². The molecule has 0 bridgehead atoms. The van der Waals surface area contributed by atoms with Crippen LogP contribution in [0.25, 0.3) is 0 Å². The number of methoxy groups -OCH3 is 2. The lowest BCUT2D eigenvalue weighted by molar-refractivity contribution is -0.140. The minimum Gasteiger partial charge on any atom is -0.355 e. The van der Waals surface area contributed by atoms with Crippen molar-refractivity contribution in [2.75, 3.05) is 33.9 Å². The van der Waals surface area contributed by atoms with Crippen LogP contribution in [0.15, 0.2) is 28.7 Å². The molecule has 5 nitrogen and oxygen atoms in total. The second kappa shape index (κ2) is 7.17. The van der Waals surface area contributed by atoms with Gasteiger partial charge in [-0.3, -0.25) is 9.69 Å². The Bertz CT molecular complexity index is 465. The Kier molecular flexibility index (Phi) is 5.54. The van der Waals surface area contributed by atoms with Gasteiger partial charge in [0.05, 0.1) is 6.54 Å². The quantitative estimate of drug-likeness (QED) is 0.824. The Hall–Kier alpha value is -0.950. The van der Waals surface area contributed by atoms with Gasteiger partial charge in [-0.25, -0.2) is 0 Å². The molecule has 0 spiro atoms. The third kappa shape index (κ3) is 3.38. The first-order valence-electron chi connectivity index (χ1n) is 6.49. The fraction of sp³-hybridized carbons (Fsp3) is 0.500. The number of carbonyl (C=O) groups excluding carboxylic acids is 1. The summed E-state index contributed by atoms with van der Waals surface area (Å²) in [5, 5.41) is 2.91. The van der Waals surface area contributed by atoms with Crippen molar-refractivity contribution in [1.29, 1.82) is 0 Å². The molecule has 110 valence electrons. The van der Waals surface area contributed by atoms with Crippen molar-refractivity contribution >= 4 is 21.8 Å². The van der Waals surface area contributed by atoms with Crippen LogP contribution in [0, 0.1) is 0 Å². The van der Waals surface area contributed by atoms with Gasteiger partial charge in [-0.1, -0.05) is 34.1 Å². The maximum atomic E-state index is 12.3. The number of hydrogen-bond donors (Lipinski definition) is 1. The fourth-order valence-electron chi connectivity index (χ4n) is 2.38. The highest BCUT2D eigenvalue weighted by Crippen LogP contribution is 2.29. The number of piperazine rings is 1. The summed E-state index contributed by atoms with van der Waals surface area (Å²) in [7, 11) is 3.21. The maximum absolute atomic E-state index is 12.3. The molecule has 1 amide bonds. The van der Waals surface area contributed by atoms with E-state index in [0.717, 1.165) is 16.6 Å². The summed E-state index contributed by atoms with van der Waals surface area (Å²) in [6.07, 6.45) is -0.342. The summed E-state index contributed by atoms with van der Waals surface area (Å²) >= 11 is 3.52. The minimum atomic E-state index is -0.342. The largest absolute Gasteiger partial charge is 0.355 e. The van der Waals surface area contributed by atoms with Gasteiger partial charge >= 0.3 is 0 Å². The van der Waals surface area contributed by atoms with Crippen LogP contribution in [-0.4, -0.2) is 51.0 Å². The predicted octanol–water partition coefficient (Wildman–Crippen LogP) is 1.54. The SMILES string of the molecule is COC(CN1CCNC(=O)[C@H]1c1ccccc1Br)OC. The molecule has 1 aliphatic rings. The number of halogens is 1. The molecule has 20 heavy (non-hydrogen) atoms. The summed E-state index contributed by atoms with van der Waals surface area (Å²) in [5.41, 5.74) is 0.954. The van der Waals surface area contributed by atoms with Crippen molar-refractivity contribution < 1.29 is 14.3 Å². The van der Waals surface area contributed by atoms with E-state index in [2.05, 4.69) is 26.1 Å². The molecule has 0 unspecified atom stereocenters. The first-order chi connectivity index (χ1) is 9.67. The van der Waals surface area contributed by atoms with Crippen molar-refractivity contribution in [3.63, 3.8) is 0 Å². The second-order valence-electron chi connectivity index (χ2n) is 4.61. The molecule has 1 atom stereocenters. The molecule has 0 saturated carbocycles. The molecule has 2 rings (SSSR count). The molecule has 1 saturated heterocycles. The van der Waals surface area contributed by atoms with Crippen molar-refractivity contribution in [2.45, 2.75) is 12.3 Å². The number of ether oxygens (including phenoxy) is 2. The van der Waals surface area contributed by atoms with E-state index >= 15 is 0 Å². The Labute approximate surface area is 127 Å². The van der Waals surface area contributed by atoms with Gasteiger partial charge in [-0.15, -0.1) is 0 Å². The van der Waals surface area contributed by atoms with Gasteiger partial charge in [-0.2, -0.15) is 0 Å². The zero-order valence-electron chi connectivity index (χ0n) is 11.6. The Morgan fingerprint density at radius 3 is 2.75 bits per heavy atom. The van der Waals surface area contributed by atoms with Gasteiger partial charge in [0.15, 0.2) is 6.29 Å². The Balaban J connectivity index is 2.25. The lowest BCUT2D eigenvalue weighted by Gasteiger charge is -2.37. The van der Waals surface area contributed by atoms with Crippen LogP contribution in [-0.2, 0) is 14.3 Å². The number of benzene rings is 1. The van der Waals surface area contributed by atoms with E-state index in [4.69, 9.17) is 9.47 Å². The molecule has 0 aliphatic carbocycles. The van der Waals surface area contributed by atoms with Crippen LogP contribution in [0.5, 0.6) is 0 Å². The van der Waals surface area contributed by atoms with Crippen LogP contribution >= 0.6 is 15.9 Å². The summed E-state index contributed by atoms with van der Waals surface area (Å²) in [6.45, 7) is 1.95. The van der Waals surface area contributed by atoms with Crippen molar-refractivity contribution in [2.24, 2.45) is 0 Å². The van der Waals surface area contributed by atoms with E-state index in [1.165, 1.54) is 0 Å². The molecule has 1 fully saturated rings. The summed E-state index contributed by atoms with van der Waals surface area (Å²) in [4.78, 5) is 14.3. The standard InChI is InChI=1S/C14H19BrN2O3/c1-19-12(20-2)9-17-8-7-16-14(18)13(17)10-5-3-4-6-11(10)15/h3-6,12-13H,7-9H2,1-2H3,(H,16,18)/t13-/m1/s1. The summed E-state index contributed by atoms with van der Waals surface area (Å²) in [6, 6.07) is 7.45. The van der Waals surface area contributed by atoms with E-state index in [9.17, 15) is 4.79 Å². The van der Waals surface area contributed by atoms with Gasteiger partial charge < -0.3 is 14.8 Å². The highest BCUT2D eigenvalue weighted by molar-refractivity contribution is 9.10. The van der Waals surface area contributed by atoms with Crippen LogP contribution < -0.4 is 5.32 Å². The molecule has 6 heteroatoms. The number of hydrogen-bond acceptors (Lipinski definition) is 4. The zero-order chi connectivity index (χ0) is 14.5. The fourth-order valence-corrected chi connectivity index (χ4v) is 2.88. The summed E-state index contributed by atoms with van der Waals surface area (Å²) < 4.78 is 11.4. The van der Waals surface area contributed by atoms with Gasteiger partial charge in [0.1, 0.15) is 6.04 Å². The molecule has 1 aromatic carbocycles. The molecular weight excluding hydrogens is 324 g/mol. The van der Waals surface area contributed by atoms with Gasteiger partial charge in [0.2, 0.25) is 5.91 Å². The summed E-state index contributed by atoms with van der Waals surface area (Å²) in [5.74, 6) is 0.00843. The number of nitrogens with one attached hydrogen (secondary N) is 1. The smallest absolute Gasteiger partial charge is 0.242 e. The van der Waals surface area contributed by atoms with Gasteiger partial charge in [0, 0.05) is 31.8 Å². The topological polar surface area (TPSA) is 50.8 Å². The predicted molar refractivity (Wildman–Crippen MR) is 79.3 cm³/mol. The first kappa shape index (κ1) is 15.4. The molecule has 1 aromatic rings. The maximum Gasteiger partial charge on any atom is 0.242 e. The van der Waals surface area contributed by atoms with E-state index in [1.54, 1.807) is 14.2 Å². The Morgan fingerprint density at radius 1 is 1.40 bits per heavy atom. The number of rotatable bonds is 5. The van der Waals surface area contributed by atoms with Crippen LogP contribution in [0.1, 0.15) is 11.6 Å². The number of carbonyl (C=O) groups is 1. The van der Waals surface area contributed by atoms with Crippen molar-refractivity contribution in [3.8, 4) is 0 Å². The minimum absolute atomic E-state index is 0.00843. The third-order valence-electron chi connectivity index (χ3n) is 3.42. The third-order valence-corrected chi connectivity index (χ3v) is 4.14. The molecule has 1 aliphatic heterocycles. The molecule has 1 heterocycles.